The summed E-state index contributed by atoms with van der Waals surface area (Å²) in [5, 5.41) is 0. The Kier molecular flexibility index (Phi) is 3.90. The summed E-state index contributed by atoms with van der Waals surface area (Å²) in [6.07, 6.45) is 4.72. The Labute approximate surface area is 81.2 Å². The summed E-state index contributed by atoms with van der Waals surface area (Å²) in [4.78, 5) is 2.37. The van der Waals surface area contributed by atoms with Gasteiger partial charge < -0.3 is 0 Å². The normalized spacial score (nSPS) is 25.5. The van der Waals surface area contributed by atoms with Crippen LogP contribution in [0.5, 0.6) is 0 Å². The van der Waals surface area contributed by atoms with Gasteiger partial charge in [-0.25, -0.2) is 0 Å². The second-order valence-corrected chi connectivity index (χ2v) is 5.91. The fourth-order valence-corrected chi connectivity index (χ4v) is 2.50. The third-order valence-corrected chi connectivity index (χ3v) is 4.01. The second-order valence-electron chi connectivity index (χ2n) is 4.28. The van der Waals surface area contributed by atoms with Crippen molar-refractivity contribution in [2.24, 2.45) is 0 Å². The van der Waals surface area contributed by atoms with Gasteiger partial charge in [-0.15, -0.1) is 0 Å². The molecule has 2 nitrogen and oxygen atoms in total. The summed E-state index contributed by atoms with van der Waals surface area (Å²) >= 11 is -0.588. The average molecular weight is 183 g/mol. The number of rotatable bonds is 1. The molecule has 0 radical (unpaired) electrons. The van der Waals surface area contributed by atoms with E-state index in [-0.39, 0.29) is 4.28 Å². The van der Waals surface area contributed by atoms with Gasteiger partial charge in [0, 0.05) is 0 Å². The van der Waals surface area contributed by atoms with Crippen LogP contribution < -0.4 is 0 Å². The average Bonchev–Trinajstić information content (AvgIpc) is 2.01. The van der Waals surface area contributed by atoms with Crippen molar-refractivity contribution in [1.29, 1.82) is 0 Å². The molecule has 0 N–H and O–H groups in total. The van der Waals surface area contributed by atoms with E-state index in [4.69, 9.17) is 0 Å². The molecule has 0 aromatic rings. The standard InChI is InChI=1S/C9H18N.Al.O/c1-9-5-3-7-10(2)8-4-6-9;;/h3-8H2,1-2H3;;. The molecule has 0 aliphatic carbocycles. The van der Waals surface area contributed by atoms with Crippen LogP contribution in [-0.2, 0) is 3.80 Å². The van der Waals surface area contributed by atoms with Gasteiger partial charge >= 0.3 is 80.9 Å². The fourth-order valence-electron chi connectivity index (χ4n) is 1.86. The summed E-state index contributed by atoms with van der Waals surface area (Å²) in [5.41, 5.74) is 0. The Morgan fingerprint density at radius 3 is 2.17 bits per heavy atom. The van der Waals surface area contributed by atoms with Crippen molar-refractivity contribution >= 4 is 15.2 Å². The zero-order chi connectivity index (χ0) is 9.03. The molecule has 12 heavy (non-hydrogen) atoms. The van der Waals surface area contributed by atoms with Crippen molar-refractivity contribution in [2.75, 3.05) is 20.1 Å². The molecular weight excluding hydrogens is 165 g/mol. The van der Waals surface area contributed by atoms with Gasteiger partial charge in [0.2, 0.25) is 0 Å². The first-order valence-corrected chi connectivity index (χ1v) is 5.86. The molecule has 1 aliphatic rings. The van der Waals surface area contributed by atoms with Crippen LogP contribution in [-0.4, -0.2) is 40.2 Å². The van der Waals surface area contributed by atoms with Crippen molar-refractivity contribution in [3.05, 3.63) is 0 Å². The summed E-state index contributed by atoms with van der Waals surface area (Å²) in [7, 11) is 2.17. The molecule has 1 saturated heterocycles. The van der Waals surface area contributed by atoms with Crippen LogP contribution in [0.2, 0.25) is 4.28 Å². The summed E-state index contributed by atoms with van der Waals surface area (Å²) in [6.45, 7) is 4.53. The molecule has 1 rings (SSSR count). The molecule has 0 spiro atoms. The van der Waals surface area contributed by atoms with Crippen molar-refractivity contribution in [3.8, 4) is 0 Å². The number of hydrogen-bond donors (Lipinski definition) is 0. The van der Waals surface area contributed by atoms with Crippen LogP contribution in [0.1, 0.15) is 32.6 Å². The Morgan fingerprint density at radius 2 is 1.75 bits per heavy atom. The molecule has 1 fully saturated rings. The van der Waals surface area contributed by atoms with Gasteiger partial charge in [0.25, 0.3) is 0 Å². The van der Waals surface area contributed by atoms with E-state index in [0.29, 0.717) is 0 Å². The van der Waals surface area contributed by atoms with E-state index in [0.717, 1.165) is 12.8 Å². The van der Waals surface area contributed by atoms with E-state index >= 15 is 0 Å². The maximum absolute atomic E-state index is 11.0. The molecule has 3 heteroatoms. The zero-order valence-corrected chi connectivity index (χ0v) is 9.33. The molecule has 0 amide bonds. The predicted octanol–water partition coefficient (Wildman–Crippen LogP) is 1.72. The molecule has 0 unspecified atom stereocenters. The second kappa shape index (κ2) is 4.51. The third-order valence-electron chi connectivity index (χ3n) is 2.86. The molecular formula is C9H18AlNO. The van der Waals surface area contributed by atoms with Gasteiger partial charge in [0.05, 0.1) is 0 Å². The first kappa shape index (κ1) is 10.4. The number of hydrogen-bond acceptors (Lipinski definition) is 2. The molecule has 0 bridgehead atoms. The Hall–Kier alpha value is 0.292. The maximum atomic E-state index is 11.0. The summed E-state index contributed by atoms with van der Waals surface area (Å²) < 4.78 is 11.2. The van der Waals surface area contributed by atoms with Gasteiger partial charge in [-0.2, -0.15) is 0 Å². The minimum absolute atomic E-state index is 0.182. The Bertz CT molecular complexity index is 151. The van der Waals surface area contributed by atoms with Gasteiger partial charge in [-0.1, -0.05) is 0 Å². The van der Waals surface area contributed by atoms with Gasteiger partial charge in [0.1, 0.15) is 0 Å². The van der Waals surface area contributed by atoms with Crippen LogP contribution in [0.3, 0.4) is 0 Å². The fraction of sp³-hybridized carbons (Fsp3) is 1.00. The first-order chi connectivity index (χ1) is 5.66. The minimum atomic E-state index is -0.588. The van der Waals surface area contributed by atoms with Crippen molar-refractivity contribution in [3.63, 3.8) is 0 Å². The van der Waals surface area contributed by atoms with E-state index in [1.807, 2.05) is 0 Å². The SMILES string of the molecule is CN1CCC[C](C)([Al]=[O])CCC1. The molecule has 0 aromatic heterocycles. The summed E-state index contributed by atoms with van der Waals surface area (Å²) in [5.74, 6) is 0. The van der Waals surface area contributed by atoms with Gasteiger partial charge in [-0.3, -0.25) is 0 Å². The van der Waals surface area contributed by atoms with E-state index in [1.165, 1.54) is 25.9 Å². The summed E-state index contributed by atoms with van der Waals surface area (Å²) in [6, 6.07) is 0. The van der Waals surface area contributed by atoms with Crippen molar-refractivity contribution in [1.82, 2.24) is 4.90 Å². The quantitative estimate of drug-likeness (QED) is 0.577. The number of nitrogens with zero attached hydrogens (tertiary/aromatic N) is 1. The van der Waals surface area contributed by atoms with E-state index < -0.39 is 15.2 Å². The van der Waals surface area contributed by atoms with Gasteiger partial charge in [0.15, 0.2) is 0 Å². The monoisotopic (exact) mass is 183 g/mol. The zero-order valence-electron chi connectivity index (χ0n) is 8.18. The molecule has 1 heterocycles. The first-order valence-electron chi connectivity index (χ1n) is 4.81. The van der Waals surface area contributed by atoms with E-state index in [1.54, 1.807) is 0 Å². The molecule has 68 valence electrons. The predicted molar refractivity (Wildman–Crippen MR) is 50.8 cm³/mol. The van der Waals surface area contributed by atoms with E-state index in [9.17, 15) is 3.80 Å². The van der Waals surface area contributed by atoms with Crippen LogP contribution in [0.15, 0.2) is 0 Å². The van der Waals surface area contributed by atoms with Crippen LogP contribution in [0, 0.1) is 0 Å². The Balaban J connectivity index is 2.45. The van der Waals surface area contributed by atoms with Gasteiger partial charge in [-0.05, 0) is 0 Å². The topological polar surface area (TPSA) is 20.3 Å². The number of likely N-dealkylation sites (tertiary alicyclic amines) is 1. The molecule has 0 saturated carbocycles. The van der Waals surface area contributed by atoms with Crippen molar-refractivity contribution in [2.45, 2.75) is 36.9 Å². The Morgan fingerprint density at radius 1 is 1.25 bits per heavy atom. The third kappa shape index (κ3) is 2.97. The van der Waals surface area contributed by atoms with Crippen molar-refractivity contribution < 1.29 is 3.80 Å². The van der Waals surface area contributed by atoms with Crippen LogP contribution in [0.25, 0.3) is 0 Å². The molecule has 1 aliphatic heterocycles. The molecule has 0 aromatic carbocycles. The molecule has 0 atom stereocenters. The van der Waals surface area contributed by atoms with Crippen LogP contribution >= 0.6 is 0 Å². The van der Waals surface area contributed by atoms with Crippen LogP contribution in [0.4, 0.5) is 0 Å². The van der Waals surface area contributed by atoms with E-state index in [2.05, 4.69) is 18.9 Å².